The van der Waals surface area contributed by atoms with Gasteiger partial charge in [0, 0.05) is 4.47 Å². The van der Waals surface area contributed by atoms with Gasteiger partial charge in [0.2, 0.25) is 0 Å². The normalized spacial score (nSPS) is 10.8. The molecule has 0 atom stereocenters. The first-order chi connectivity index (χ1) is 9.42. The molecule has 0 aromatic heterocycles. The van der Waals surface area contributed by atoms with Crippen molar-refractivity contribution in [2.75, 3.05) is 4.72 Å². The van der Waals surface area contributed by atoms with Crippen LogP contribution in [0.3, 0.4) is 0 Å². The fourth-order valence-electron chi connectivity index (χ4n) is 1.54. The minimum atomic E-state index is -3.95. The molecule has 0 saturated heterocycles. The summed E-state index contributed by atoms with van der Waals surface area (Å²) in [6.45, 7) is 0. The summed E-state index contributed by atoms with van der Waals surface area (Å²) in [5, 5.41) is 8.96. The first kappa shape index (κ1) is 14.5. The monoisotopic (exact) mass is 354 g/mol. The Morgan fingerprint density at radius 3 is 2.60 bits per heavy atom. The van der Waals surface area contributed by atoms with Crippen molar-refractivity contribution >= 4 is 31.6 Å². The maximum atomic E-state index is 13.1. The summed E-state index contributed by atoms with van der Waals surface area (Å²) in [4.78, 5) is -0.207. The highest BCUT2D eigenvalue weighted by Gasteiger charge is 2.16. The van der Waals surface area contributed by atoms with Gasteiger partial charge >= 0.3 is 0 Å². The fourth-order valence-corrected chi connectivity index (χ4v) is 3.00. The predicted molar refractivity (Wildman–Crippen MR) is 76.1 cm³/mol. The minimum absolute atomic E-state index is 0.131. The van der Waals surface area contributed by atoms with Crippen molar-refractivity contribution in [3.8, 4) is 6.07 Å². The Labute approximate surface area is 124 Å². The van der Waals surface area contributed by atoms with Crippen LogP contribution in [0.15, 0.2) is 51.8 Å². The lowest BCUT2D eigenvalue weighted by Crippen LogP contribution is -2.14. The third-order valence-electron chi connectivity index (χ3n) is 2.45. The average molecular weight is 355 g/mol. The smallest absolute Gasteiger partial charge is 0.262 e. The van der Waals surface area contributed by atoms with Crippen molar-refractivity contribution in [3.05, 3.63) is 58.3 Å². The van der Waals surface area contributed by atoms with Crippen LogP contribution in [-0.2, 0) is 10.0 Å². The van der Waals surface area contributed by atoms with Gasteiger partial charge in [-0.15, -0.1) is 0 Å². The highest BCUT2D eigenvalue weighted by molar-refractivity contribution is 9.10. The van der Waals surface area contributed by atoms with Crippen molar-refractivity contribution in [3.63, 3.8) is 0 Å². The number of nitrogens with zero attached hydrogens (tertiary/aromatic N) is 1. The molecule has 0 unspecified atom stereocenters. The average Bonchev–Trinajstić information content (AvgIpc) is 2.38. The molecule has 0 aliphatic carbocycles. The van der Waals surface area contributed by atoms with Crippen molar-refractivity contribution in [2.45, 2.75) is 4.90 Å². The highest BCUT2D eigenvalue weighted by Crippen LogP contribution is 2.24. The van der Waals surface area contributed by atoms with E-state index in [9.17, 15) is 12.8 Å². The van der Waals surface area contributed by atoms with Crippen LogP contribution in [0.1, 0.15) is 5.56 Å². The Morgan fingerprint density at radius 2 is 1.95 bits per heavy atom. The lowest BCUT2D eigenvalue weighted by molar-refractivity contribution is 0.595. The predicted octanol–water partition coefficient (Wildman–Crippen LogP) is 3.26. The quantitative estimate of drug-likeness (QED) is 0.919. The third-order valence-corrected chi connectivity index (χ3v) is 4.31. The maximum absolute atomic E-state index is 13.1. The molecule has 0 aliphatic heterocycles. The van der Waals surface area contributed by atoms with E-state index in [-0.39, 0.29) is 16.1 Å². The Morgan fingerprint density at radius 1 is 1.20 bits per heavy atom. The molecular weight excluding hydrogens is 347 g/mol. The van der Waals surface area contributed by atoms with Crippen molar-refractivity contribution < 1.29 is 12.8 Å². The van der Waals surface area contributed by atoms with E-state index in [4.69, 9.17) is 5.26 Å². The van der Waals surface area contributed by atoms with E-state index in [1.54, 1.807) is 6.07 Å². The molecule has 7 heteroatoms. The Balaban J connectivity index is 2.44. The lowest BCUT2D eigenvalue weighted by atomic mass is 10.2. The molecular formula is C13H8BrFN2O2S. The van der Waals surface area contributed by atoms with Crippen LogP contribution < -0.4 is 4.72 Å². The molecule has 2 rings (SSSR count). The zero-order valence-corrected chi connectivity index (χ0v) is 12.4. The molecule has 0 saturated carbocycles. The van der Waals surface area contributed by atoms with Gasteiger partial charge in [0.15, 0.2) is 0 Å². The van der Waals surface area contributed by atoms with Gasteiger partial charge in [0.05, 0.1) is 16.1 Å². The summed E-state index contributed by atoms with van der Waals surface area (Å²) in [5.41, 5.74) is 0.305. The zero-order valence-electron chi connectivity index (χ0n) is 9.97. The van der Waals surface area contributed by atoms with Gasteiger partial charge < -0.3 is 0 Å². The second-order valence-corrected chi connectivity index (χ2v) is 6.46. The highest BCUT2D eigenvalue weighted by atomic mass is 79.9. The molecule has 102 valence electrons. The largest absolute Gasteiger partial charge is 0.278 e. The third kappa shape index (κ3) is 3.15. The Bertz CT molecular complexity index is 800. The number of nitrogens with one attached hydrogen (secondary N) is 1. The van der Waals surface area contributed by atoms with Gasteiger partial charge in [-0.25, -0.2) is 12.8 Å². The van der Waals surface area contributed by atoms with Crippen LogP contribution >= 0.6 is 15.9 Å². The Kier molecular flexibility index (Phi) is 4.06. The number of benzene rings is 2. The SMILES string of the molecule is N#Cc1ccc(Br)cc1NS(=O)(=O)c1cccc(F)c1. The van der Waals surface area contributed by atoms with E-state index in [1.807, 2.05) is 6.07 Å². The van der Waals surface area contributed by atoms with Crippen molar-refractivity contribution in [1.82, 2.24) is 0 Å². The molecule has 0 aliphatic rings. The fraction of sp³-hybridized carbons (Fsp3) is 0. The zero-order chi connectivity index (χ0) is 14.8. The van der Waals surface area contributed by atoms with Crippen LogP contribution in [0.2, 0.25) is 0 Å². The summed E-state index contributed by atoms with van der Waals surface area (Å²) >= 11 is 3.20. The van der Waals surface area contributed by atoms with E-state index < -0.39 is 15.8 Å². The maximum Gasteiger partial charge on any atom is 0.262 e. The standard InChI is InChI=1S/C13H8BrFN2O2S/c14-10-5-4-9(8-16)13(6-10)17-20(18,19)12-3-1-2-11(15)7-12/h1-7,17H. The molecule has 0 spiro atoms. The summed E-state index contributed by atoms with van der Waals surface area (Å²) in [5.74, 6) is -0.650. The molecule has 0 bridgehead atoms. The number of nitriles is 1. The van der Waals surface area contributed by atoms with Crippen LogP contribution in [0, 0.1) is 17.1 Å². The summed E-state index contributed by atoms with van der Waals surface area (Å²) in [6, 6.07) is 11.1. The van der Waals surface area contributed by atoms with Gasteiger partial charge in [-0.3, -0.25) is 4.72 Å². The van der Waals surface area contributed by atoms with Crippen molar-refractivity contribution in [1.29, 1.82) is 5.26 Å². The molecule has 20 heavy (non-hydrogen) atoms. The van der Waals surface area contributed by atoms with E-state index in [0.29, 0.717) is 4.47 Å². The van der Waals surface area contributed by atoms with Gasteiger partial charge in [-0.05, 0) is 36.4 Å². The molecule has 0 radical (unpaired) electrons. The summed E-state index contributed by atoms with van der Waals surface area (Å²) < 4.78 is 40.2. The van der Waals surface area contributed by atoms with Crippen LogP contribution in [-0.4, -0.2) is 8.42 Å². The number of hydrogen-bond acceptors (Lipinski definition) is 3. The van der Waals surface area contributed by atoms with Gasteiger partial charge in [0.25, 0.3) is 10.0 Å². The molecule has 0 heterocycles. The number of hydrogen-bond donors (Lipinski definition) is 1. The molecule has 2 aromatic rings. The molecule has 0 amide bonds. The van der Waals surface area contributed by atoms with E-state index >= 15 is 0 Å². The van der Waals surface area contributed by atoms with Gasteiger partial charge in [0.1, 0.15) is 11.9 Å². The number of rotatable bonds is 3. The van der Waals surface area contributed by atoms with Crippen molar-refractivity contribution in [2.24, 2.45) is 0 Å². The van der Waals surface area contributed by atoms with Gasteiger partial charge in [-0.1, -0.05) is 22.0 Å². The minimum Gasteiger partial charge on any atom is -0.278 e. The van der Waals surface area contributed by atoms with E-state index in [1.165, 1.54) is 24.3 Å². The molecule has 0 fully saturated rings. The van der Waals surface area contributed by atoms with Gasteiger partial charge in [-0.2, -0.15) is 5.26 Å². The number of halogens is 2. The van der Waals surface area contributed by atoms with Crippen LogP contribution in [0.4, 0.5) is 10.1 Å². The Hall–Kier alpha value is -1.91. The number of anilines is 1. The van der Waals surface area contributed by atoms with Crippen LogP contribution in [0.5, 0.6) is 0 Å². The topological polar surface area (TPSA) is 70.0 Å². The summed E-state index contributed by atoms with van der Waals surface area (Å²) in [7, 11) is -3.95. The molecule has 1 N–H and O–H groups in total. The van der Waals surface area contributed by atoms with E-state index in [0.717, 1.165) is 12.1 Å². The lowest BCUT2D eigenvalue weighted by Gasteiger charge is -2.10. The first-order valence-electron chi connectivity index (χ1n) is 5.40. The summed E-state index contributed by atoms with van der Waals surface area (Å²) in [6.07, 6.45) is 0. The second kappa shape index (κ2) is 5.61. The van der Waals surface area contributed by atoms with Crippen LogP contribution in [0.25, 0.3) is 0 Å². The molecule has 2 aromatic carbocycles. The first-order valence-corrected chi connectivity index (χ1v) is 7.68. The molecule has 4 nitrogen and oxygen atoms in total. The second-order valence-electron chi connectivity index (χ2n) is 3.86. The van der Waals surface area contributed by atoms with E-state index in [2.05, 4.69) is 20.7 Å². The number of sulfonamides is 1.